The lowest BCUT2D eigenvalue weighted by atomic mass is 9.83. The Morgan fingerprint density at radius 1 is 1.11 bits per heavy atom. The van der Waals surface area contributed by atoms with Gasteiger partial charge in [0, 0.05) is 44.8 Å². The van der Waals surface area contributed by atoms with Crippen molar-refractivity contribution >= 4 is 5.96 Å². The van der Waals surface area contributed by atoms with Gasteiger partial charge in [-0.1, -0.05) is 19.3 Å². The van der Waals surface area contributed by atoms with E-state index in [9.17, 15) is 0 Å². The van der Waals surface area contributed by atoms with Gasteiger partial charge in [0.15, 0.2) is 5.96 Å². The number of ether oxygens (including phenoxy) is 1. The molecule has 156 valence electrons. The second kappa shape index (κ2) is 10.6. The molecular formula is C21H41N5O. The number of guanidine groups is 1. The fourth-order valence-corrected chi connectivity index (χ4v) is 5.03. The molecular weight excluding hydrogens is 338 g/mol. The van der Waals surface area contributed by atoms with Crippen molar-refractivity contribution < 1.29 is 4.74 Å². The van der Waals surface area contributed by atoms with Gasteiger partial charge in [0.25, 0.3) is 0 Å². The van der Waals surface area contributed by atoms with Crippen LogP contribution in [0.4, 0.5) is 0 Å². The molecule has 27 heavy (non-hydrogen) atoms. The van der Waals surface area contributed by atoms with Gasteiger partial charge in [-0.25, -0.2) is 0 Å². The third kappa shape index (κ3) is 5.81. The van der Waals surface area contributed by atoms with E-state index in [0.717, 1.165) is 64.4 Å². The number of hydrogen-bond acceptors (Lipinski definition) is 4. The molecule has 1 N–H and O–H groups in total. The molecule has 2 saturated heterocycles. The molecule has 3 rings (SSSR count). The number of nitrogens with one attached hydrogen (secondary N) is 1. The highest BCUT2D eigenvalue weighted by atomic mass is 16.5. The summed E-state index contributed by atoms with van der Waals surface area (Å²) in [6.07, 6.45) is 8.19. The van der Waals surface area contributed by atoms with Crippen molar-refractivity contribution in [3.05, 3.63) is 0 Å². The van der Waals surface area contributed by atoms with E-state index in [2.05, 4.69) is 41.0 Å². The number of likely N-dealkylation sites (tertiary alicyclic amines) is 1. The summed E-state index contributed by atoms with van der Waals surface area (Å²) in [6, 6.07) is 1.22. The largest absolute Gasteiger partial charge is 0.379 e. The van der Waals surface area contributed by atoms with Crippen molar-refractivity contribution in [1.29, 1.82) is 0 Å². The Bertz CT molecular complexity index is 457. The van der Waals surface area contributed by atoms with E-state index in [-0.39, 0.29) is 0 Å². The van der Waals surface area contributed by atoms with Crippen molar-refractivity contribution in [3.63, 3.8) is 0 Å². The van der Waals surface area contributed by atoms with Crippen molar-refractivity contribution in [2.75, 3.05) is 66.6 Å². The van der Waals surface area contributed by atoms with Gasteiger partial charge in [-0.05, 0) is 46.2 Å². The number of morpholine rings is 1. The molecule has 0 bridgehead atoms. The van der Waals surface area contributed by atoms with Gasteiger partial charge in [0.05, 0.1) is 19.8 Å². The smallest absolute Gasteiger partial charge is 0.194 e. The molecule has 6 nitrogen and oxygen atoms in total. The van der Waals surface area contributed by atoms with Gasteiger partial charge in [0.1, 0.15) is 0 Å². The fourth-order valence-electron chi connectivity index (χ4n) is 5.03. The second-order valence-electron chi connectivity index (χ2n) is 8.66. The van der Waals surface area contributed by atoms with Crippen LogP contribution in [0, 0.1) is 5.92 Å². The zero-order chi connectivity index (χ0) is 19.1. The maximum atomic E-state index is 5.52. The predicted octanol–water partition coefficient (Wildman–Crippen LogP) is 1.87. The summed E-state index contributed by atoms with van der Waals surface area (Å²) in [7, 11) is 4.46. The minimum Gasteiger partial charge on any atom is -0.379 e. The normalized spacial score (nSPS) is 27.3. The van der Waals surface area contributed by atoms with Gasteiger partial charge in [0.2, 0.25) is 0 Å². The Morgan fingerprint density at radius 2 is 1.85 bits per heavy atom. The number of aliphatic imine (C=N–C) groups is 1. The maximum Gasteiger partial charge on any atom is 0.194 e. The van der Waals surface area contributed by atoms with Crippen LogP contribution >= 0.6 is 0 Å². The maximum absolute atomic E-state index is 5.52. The van der Waals surface area contributed by atoms with E-state index in [4.69, 9.17) is 9.73 Å². The van der Waals surface area contributed by atoms with Gasteiger partial charge in [-0.3, -0.25) is 9.89 Å². The second-order valence-corrected chi connectivity index (χ2v) is 8.66. The lowest BCUT2D eigenvalue weighted by Gasteiger charge is -2.34. The fraction of sp³-hybridized carbons (Fsp3) is 0.952. The first-order valence-corrected chi connectivity index (χ1v) is 11.2. The number of nitrogens with zero attached hydrogens (tertiary/aromatic N) is 4. The molecule has 0 radical (unpaired) electrons. The summed E-state index contributed by atoms with van der Waals surface area (Å²) in [5.41, 5.74) is 0. The Hall–Kier alpha value is -0.850. The summed E-state index contributed by atoms with van der Waals surface area (Å²) >= 11 is 0. The molecule has 0 aromatic carbocycles. The summed E-state index contributed by atoms with van der Waals surface area (Å²) in [5.74, 6) is 1.93. The summed E-state index contributed by atoms with van der Waals surface area (Å²) in [6.45, 7) is 10.2. The molecule has 1 saturated carbocycles. The number of hydrogen-bond donors (Lipinski definition) is 1. The molecule has 2 unspecified atom stereocenters. The third-order valence-corrected chi connectivity index (χ3v) is 6.65. The van der Waals surface area contributed by atoms with Crippen molar-refractivity contribution in [2.24, 2.45) is 10.9 Å². The van der Waals surface area contributed by atoms with Crippen LogP contribution in [-0.2, 0) is 4.74 Å². The minimum atomic E-state index is 0.566. The van der Waals surface area contributed by atoms with Gasteiger partial charge >= 0.3 is 0 Å². The third-order valence-electron chi connectivity index (χ3n) is 6.65. The van der Waals surface area contributed by atoms with Crippen LogP contribution in [0.15, 0.2) is 4.99 Å². The van der Waals surface area contributed by atoms with Crippen LogP contribution < -0.4 is 5.32 Å². The molecule has 2 atom stereocenters. The van der Waals surface area contributed by atoms with E-state index in [0.29, 0.717) is 12.1 Å². The average Bonchev–Trinajstić information content (AvgIpc) is 3.19. The molecule has 0 aromatic rings. The molecule has 0 aromatic heterocycles. The number of rotatable bonds is 6. The lowest BCUT2D eigenvalue weighted by Crippen LogP contribution is -2.47. The Morgan fingerprint density at radius 3 is 2.52 bits per heavy atom. The molecule has 3 aliphatic rings. The molecule has 1 aliphatic carbocycles. The average molecular weight is 380 g/mol. The van der Waals surface area contributed by atoms with Crippen LogP contribution in [0.5, 0.6) is 0 Å². The summed E-state index contributed by atoms with van der Waals surface area (Å²) < 4.78 is 5.52. The van der Waals surface area contributed by atoms with Crippen LogP contribution in [0.25, 0.3) is 0 Å². The zero-order valence-electron chi connectivity index (χ0n) is 17.8. The number of likely N-dealkylation sites (N-methyl/N-ethyl adjacent to an activating group) is 1. The molecule has 3 fully saturated rings. The van der Waals surface area contributed by atoms with Crippen LogP contribution in [0.3, 0.4) is 0 Å². The molecule has 0 amide bonds. The van der Waals surface area contributed by atoms with Gasteiger partial charge < -0.3 is 19.9 Å². The van der Waals surface area contributed by atoms with E-state index < -0.39 is 0 Å². The topological polar surface area (TPSA) is 43.3 Å². The van der Waals surface area contributed by atoms with E-state index in [1.165, 1.54) is 38.5 Å². The first-order valence-electron chi connectivity index (χ1n) is 11.2. The Kier molecular flexibility index (Phi) is 8.22. The highest BCUT2D eigenvalue weighted by Gasteiger charge is 2.31. The summed E-state index contributed by atoms with van der Waals surface area (Å²) in [4.78, 5) is 12.6. The van der Waals surface area contributed by atoms with Crippen LogP contribution in [0.2, 0.25) is 0 Å². The van der Waals surface area contributed by atoms with Crippen molar-refractivity contribution in [2.45, 2.75) is 57.5 Å². The van der Waals surface area contributed by atoms with Gasteiger partial charge in [-0.15, -0.1) is 0 Å². The minimum absolute atomic E-state index is 0.566. The first kappa shape index (κ1) is 20.9. The zero-order valence-corrected chi connectivity index (χ0v) is 17.8. The molecule has 0 spiro atoms. The van der Waals surface area contributed by atoms with E-state index >= 15 is 0 Å². The van der Waals surface area contributed by atoms with Crippen LogP contribution in [-0.4, -0.2) is 99.3 Å². The van der Waals surface area contributed by atoms with E-state index in [1.54, 1.807) is 0 Å². The molecule has 6 heteroatoms. The molecule has 2 heterocycles. The SMILES string of the molecule is CCNC(=NCC(C1CCCCC1)N(C)C)N1CCC(N2CCOCC2)C1. The monoisotopic (exact) mass is 379 g/mol. The Balaban J connectivity index is 1.59. The lowest BCUT2D eigenvalue weighted by molar-refractivity contribution is 0.0195. The van der Waals surface area contributed by atoms with E-state index in [1.807, 2.05) is 0 Å². The quantitative estimate of drug-likeness (QED) is 0.564. The summed E-state index contributed by atoms with van der Waals surface area (Å²) in [5, 5.41) is 3.56. The predicted molar refractivity (Wildman–Crippen MR) is 112 cm³/mol. The van der Waals surface area contributed by atoms with Gasteiger partial charge in [-0.2, -0.15) is 0 Å². The highest BCUT2D eigenvalue weighted by molar-refractivity contribution is 5.80. The molecule has 2 aliphatic heterocycles. The van der Waals surface area contributed by atoms with Crippen molar-refractivity contribution in [1.82, 2.24) is 20.0 Å². The standard InChI is InChI=1S/C21H41N5O/c1-4-22-21(23-16-20(24(2)3)18-8-6-5-7-9-18)26-11-10-19(17-26)25-12-14-27-15-13-25/h18-20H,4-17H2,1-3H3,(H,22,23). The van der Waals surface area contributed by atoms with Crippen LogP contribution in [0.1, 0.15) is 45.4 Å². The first-order chi connectivity index (χ1) is 13.2. The highest BCUT2D eigenvalue weighted by Crippen LogP contribution is 2.28. The Labute approximate surface area is 166 Å². The van der Waals surface area contributed by atoms with Crippen molar-refractivity contribution in [3.8, 4) is 0 Å².